The molecule has 0 spiro atoms. The van der Waals surface area contributed by atoms with E-state index in [0.29, 0.717) is 24.6 Å². The predicted molar refractivity (Wildman–Crippen MR) is 133 cm³/mol. The van der Waals surface area contributed by atoms with Gasteiger partial charge in [-0.3, -0.25) is 10.1 Å². The van der Waals surface area contributed by atoms with Gasteiger partial charge in [-0.25, -0.2) is 26.9 Å². The molecule has 0 amide bonds. The second kappa shape index (κ2) is 16.5. The summed E-state index contributed by atoms with van der Waals surface area (Å²) >= 11 is -0.826. The Morgan fingerprint density at radius 3 is 1.71 bits per heavy atom. The molecule has 0 unspecified atom stereocenters. The first-order valence-electron chi connectivity index (χ1n) is 12.2. The molecule has 0 saturated heterocycles. The number of phenols is 1. The van der Waals surface area contributed by atoms with E-state index in [1.165, 1.54) is 12.5 Å². The van der Waals surface area contributed by atoms with Gasteiger partial charge in [-0.2, -0.15) is 0 Å². The van der Waals surface area contributed by atoms with Crippen LogP contribution in [0.15, 0.2) is 17.1 Å². The van der Waals surface area contributed by atoms with Gasteiger partial charge >= 0.3 is 37.9 Å². The molecule has 1 aliphatic rings. The molecule has 3 rings (SSSR count). The van der Waals surface area contributed by atoms with Crippen LogP contribution in [-0.4, -0.2) is 16.2 Å². The fourth-order valence-electron chi connectivity index (χ4n) is 4.49. The first-order chi connectivity index (χ1) is 18.1. The maximum atomic E-state index is 14.0. The van der Waals surface area contributed by atoms with Crippen LogP contribution in [0.4, 0.5) is 33.3 Å². The van der Waals surface area contributed by atoms with Crippen molar-refractivity contribution in [1.82, 2.24) is 0 Å². The molecule has 13 heteroatoms. The average Bonchev–Trinajstić information content (AvgIpc) is 2.88. The molecule has 0 aliphatic heterocycles. The standard InChI is InChI=1S/C25H27F5N2O3.2ClH.Zr/c26-19-20(27)22(29)24(23(30)21(19)28)31-14-16-12-17(32(34)35)13-18(25(16)33)15-10-8-6-4-2-1-3-5-7-9-11-15;;;/h12-15,33H,1-11H2;2*1H;/q;;;+2/p-2. The Bertz CT molecular complexity index is 1100. The number of halogens is 7. The van der Waals surface area contributed by atoms with Crippen molar-refractivity contribution in [2.75, 3.05) is 0 Å². The summed E-state index contributed by atoms with van der Waals surface area (Å²) in [6.07, 6.45) is 11.5. The molecular weight excluding hydrogens is 633 g/mol. The predicted octanol–water partition coefficient (Wildman–Crippen LogP) is 9.51. The third-order valence-corrected chi connectivity index (χ3v) is 6.43. The summed E-state index contributed by atoms with van der Waals surface area (Å²) in [5.41, 5.74) is -1.75. The molecule has 1 saturated carbocycles. The molecular formula is C25H27Cl2F5N2O3Zr. The topological polar surface area (TPSA) is 75.7 Å². The molecule has 2 aromatic rings. The first kappa shape index (κ1) is 32.6. The number of benzene rings is 2. The zero-order valence-corrected chi connectivity index (χ0v) is 24.4. The number of nitro groups is 1. The van der Waals surface area contributed by atoms with E-state index in [4.69, 9.17) is 17.0 Å². The third-order valence-electron chi connectivity index (χ3n) is 6.43. The maximum absolute atomic E-state index is 14.0. The number of aliphatic imine (C=N–C) groups is 1. The van der Waals surface area contributed by atoms with E-state index < -0.39 is 60.5 Å². The average molecular weight is 661 g/mol. The summed E-state index contributed by atoms with van der Waals surface area (Å²) in [4.78, 5) is 14.2. The Hall–Kier alpha value is -1.58. The van der Waals surface area contributed by atoms with Crippen molar-refractivity contribution < 1.29 is 52.8 Å². The van der Waals surface area contributed by atoms with Gasteiger partial charge in [-0.1, -0.05) is 57.8 Å². The molecule has 208 valence electrons. The zero-order valence-electron chi connectivity index (χ0n) is 20.4. The van der Waals surface area contributed by atoms with Crippen molar-refractivity contribution in [2.24, 2.45) is 4.99 Å². The number of hydrogen-bond acceptors (Lipinski definition) is 4. The summed E-state index contributed by atoms with van der Waals surface area (Å²) in [6.45, 7) is 0. The van der Waals surface area contributed by atoms with Gasteiger partial charge in [0, 0.05) is 29.5 Å². The van der Waals surface area contributed by atoms with Crippen LogP contribution >= 0.6 is 17.0 Å². The van der Waals surface area contributed by atoms with E-state index >= 15 is 0 Å². The Kier molecular flexibility index (Phi) is 14.2. The van der Waals surface area contributed by atoms with E-state index in [0.717, 1.165) is 57.4 Å². The van der Waals surface area contributed by atoms with Gasteiger partial charge in [0.05, 0.1) is 4.92 Å². The van der Waals surface area contributed by atoms with E-state index in [1.54, 1.807) is 0 Å². The van der Waals surface area contributed by atoms with Gasteiger partial charge in [-0.05, 0) is 18.8 Å². The number of non-ortho nitro benzene ring substituents is 1. The Labute approximate surface area is 236 Å². The zero-order chi connectivity index (χ0) is 28.2. The molecule has 0 heterocycles. The molecule has 1 aliphatic carbocycles. The van der Waals surface area contributed by atoms with Crippen molar-refractivity contribution in [3.63, 3.8) is 0 Å². The van der Waals surface area contributed by atoms with Crippen LogP contribution in [0.2, 0.25) is 0 Å². The molecule has 0 aromatic heterocycles. The normalized spacial score (nSPS) is 15.8. The first-order valence-corrected chi connectivity index (χ1v) is 18.5. The molecule has 1 fully saturated rings. The fraction of sp³-hybridized carbons (Fsp3) is 0.480. The monoisotopic (exact) mass is 658 g/mol. The van der Waals surface area contributed by atoms with Crippen LogP contribution in [0, 0.1) is 39.2 Å². The van der Waals surface area contributed by atoms with Gasteiger partial charge in [0.25, 0.3) is 5.69 Å². The third kappa shape index (κ3) is 8.98. The second-order valence-corrected chi connectivity index (χ2v) is 12.7. The van der Waals surface area contributed by atoms with Gasteiger partial charge in [0.2, 0.25) is 5.82 Å². The molecule has 2 aromatic carbocycles. The van der Waals surface area contributed by atoms with E-state index in [2.05, 4.69) is 4.99 Å². The van der Waals surface area contributed by atoms with Crippen molar-refractivity contribution in [3.05, 3.63) is 62.5 Å². The molecule has 5 nitrogen and oxygen atoms in total. The Morgan fingerprint density at radius 1 is 0.842 bits per heavy atom. The van der Waals surface area contributed by atoms with Crippen LogP contribution < -0.4 is 0 Å². The van der Waals surface area contributed by atoms with Crippen molar-refractivity contribution in [3.8, 4) is 5.75 Å². The van der Waals surface area contributed by atoms with E-state index in [-0.39, 0.29) is 22.9 Å². The van der Waals surface area contributed by atoms with Gasteiger partial charge in [-0.15, -0.1) is 0 Å². The number of hydrogen-bond donors (Lipinski definition) is 1. The number of nitrogens with zero attached hydrogens (tertiary/aromatic N) is 2. The molecule has 0 atom stereocenters. The van der Waals surface area contributed by atoms with Crippen molar-refractivity contribution in [1.29, 1.82) is 0 Å². The van der Waals surface area contributed by atoms with Crippen LogP contribution in [-0.2, 0) is 20.8 Å². The van der Waals surface area contributed by atoms with E-state index in [1.807, 2.05) is 0 Å². The van der Waals surface area contributed by atoms with Crippen LogP contribution in [0.25, 0.3) is 0 Å². The number of phenolic OH excluding ortho intramolecular Hbond substituents is 1. The number of aromatic hydroxyl groups is 1. The van der Waals surface area contributed by atoms with Crippen LogP contribution in [0.3, 0.4) is 0 Å². The van der Waals surface area contributed by atoms with Crippen molar-refractivity contribution in [2.45, 2.75) is 76.5 Å². The summed E-state index contributed by atoms with van der Waals surface area (Å²) < 4.78 is 68.3. The summed E-state index contributed by atoms with van der Waals surface area (Å²) in [6, 6.07) is 2.23. The minimum absolute atomic E-state index is 0.185. The van der Waals surface area contributed by atoms with Crippen LogP contribution in [0.1, 0.15) is 87.7 Å². The second-order valence-electron chi connectivity index (χ2n) is 8.93. The summed E-state index contributed by atoms with van der Waals surface area (Å²) in [5, 5.41) is 22.4. The number of nitro benzene ring substituents is 1. The van der Waals surface area contributed by atoms with Gasteiger partial charge < -0.3 is 5.11 Å². The molecule has 1 N–H and O–H groups in total. The van der Waals surface area contributed by atoms with Crippen molar-refractivity contribution >= 4 is 34.6 Å². The Morgan fingerprint density at radius 2 is 1.26 bits per heavy atom. The van der Waals surface area contributed by atoms with Gasteiger partial charge in [0.15, 0.2) is 23.3 Å². The fourth-order valence-corrected chi connectivity index (χ4v) is 4.49. The molecule has 0 bridgehead atoms. The van der Waals surface area contributed by atoms with Gasteiger partial charge in [0.1, 0.15) is 11.4 Å². The van der Waals surface area contributed by atoms with Crippen LogP contribution in [0.5, 0.6) is 5.75 Å². The quantitative estimate of drug-likeness (QED) is 0.0887. The summed E-state index contributed by atoms with van der Waals surface area (Å²) in [7, 11) is 9.87. The SMILES string of the molecule is O=[N+]([O-])c1cc(C=Nc2c(F)c(F)c(F)c(F)c2F)c(O)c(C2CCCCCCCCCCC2)c1.[Cl][Zr][Cl]. The minimum atomic E-state index is -2.32. The molecule has 38 heavy (non-hydrogen) atoms. The Balaban J connectivity index is 0.00000161. The van der Waals surface area contributed by atoms with E-state index in [9.17, 15) is 37.2 Å². The summed E-state index contributed by atoms with van der Waals surface area (Å²) in [5.74, 6) is -11.5. The number of rotatable bonds is 4. The molecule has 0 radical (unpaired) electrons.